The molecule has 1 aliphatic heterocycles. The Balaban J connectivity index is 2.17. The molecule has 0 spiro atoms. The van der Waals surface area contributed by atoms with Gasteiger partial charge in [0.25, 0.3) is 0 Å². The fraction of sp³-hybridized carbons (Fsp3) is 0.909. The zero-order chi connectivity index (χ0) is 10.3. The Kier molecular flexibility index (Phi) is 2.36. The Labute approximate surface area is 88.2 Å². The molecule has 3 unspecified atom stereocenters. The molecule has 1 aliphatic carbocycles. The third-order valence-electron chi connectivity index (χ3n) is 3.92. The van der Waals surface area contributed by atoms with Crippen LogP contribution in [0.3, 0.4) is 0 Å². The Morgan fingerprint density at radius 3 is 3.00 bits per heavy atom. The van der Waals surface area contributed by atoms with Crippen LogP contribution in [0.1, 0.15) is 39.5 Å². The summed E-state index contributed by atoms with van der Waals surface area (Å²) >= 11 is 0. The Morgan fingerprint density at radius 2 is 2.29 bits per heavy atom. The second-order valence-corrected chi connectivity index (χ2v) is 5.68. The zero-order valence-corrected chi connectivity index (χ0v) is 9.88. The van der Waals surface area contributed by atoms with Crippen LogP contribution in [-0.4, -0.2) is 37.7 Å². The molecule has 0 aromatic heterocycles. The predicted octanol–water partition coefficient (Wildman–Crippen LogP) is 1.47. The van der Waals surface area contributed by atoms with E-state index in [1.165, 1.54) is 31.5 Å². The lowest BCUT2D eigenvalue weighted by molar-refractivity contribution is 0.329. The van der Waals surface area contributed by atoms with E-state index in [2.05, 4.69) is 33.6 Å². The number of nitrogens with zero attached hydrogens (tertiary/aromatic N) is 2. The molecule has 1 heterocycles. The monoisotopic (exact) mass is 192 g/mol. The SMILES string of the molecule is BC1(C)CCCC2C(C1)N=C(C)N2C. The first-order chi connectivity index (χ1) is 6.49. The Morgan fingerprint density at radius 1 is 1.57 bits per heavy atom. The second kappa shape index (κ2) is 3.28. The summed E-state index contributed by atoms with van der Waals surface area (Å²) in [7, 11) is 4.58. The van der Waals surface area contributed by atoms with Gasteiger partial charge in [-0.05, 0) is 19.8 Å². The van der Waals surface area contributed by atoms with Crippen molar-refractivity contribution in [1.29, 1.82) is 0 Å². The van der Waals surface area contributed by atoms with Gasteiger partial charge in [0.05, 0.1) is 17.9 Å². The predicted molar refractivity (Wildman–Crippen MR) is 63.8 cm³/mol. The van der Waals surface area contributed by atoms with E-state index in [1.807, 2.05) is 0 Å². The summed E-state index contributed by atoms with van der Waals surface area (Å²) in [6, 6.07) is 1.26. The van der Waals surface area contributed by atoms with Crippen LogP contribution >= 0.6 is 0 Å². The maximum Gasteiger partial charge on any atom is 0.109 e. The fourth-order valence-electron chi connectivity index (χ4n) is 2.94. The van der Waals surface area contributed by atoms with Crippen molar-refractivity contribution in [2.45, 2.75) is 56.9 Å². The Hall–Kier alpha value is -0.465. The van der Waals surface area contributed by atoms with Gasteiger partial charge >= 0.3 is 0 Å². The quantitative estimate of drug-likeness (QED) is 0.530. The molecule has 14 heavy (non-hydrogen) atoms. The fourth-order valence-corrected chi connectivity index (χ4v) is 2.94. The van der Waals surface area contributed by atoms with Crippen LogP contribution in [0.5, 0.6) is 0 Å². The number of hydrogen-bond donors (Lipinski definition) is 0. The van der Waals surface area contributed by atoms with Gasteiger partial charge in [-0.2, -0.15) is 0 Å². The Bertz CT molecular complexity index is 260. The molecule has 3 heteroatoms. The van der Waals surface area contributed by atoms with E-state index in [0.717, 1.165) is 0 Å². The molecule has 2 rings (SSSR count). The molecule has 78 valence electrons. The maximum atomic E-state index is 4.79. The van der Waals surface area contributed by atoms with Gasteiger partial charge in [0, 0.05) is 7.05 Å². The molecule has 3 atom stereocenters. The van der Waals surface area contributed by atoms with E-state index >= 15 is 0 Å². The zero-order valence-electron chi connectivity index (χ0n) is 9.88. The number of aliphatic imine (C=N–C) groups is 1. The highest BCUT2D eigenvalue weighted by molar-refractivity contribution is 6.14. The smallest absolute Gasteiger partial charge is 0.109 e. The molecule has 1 fully saturated rings. The molecule has 0 N–H and O–H groups in total. The van der Waals surface area contributed by atoms with Crippen molar-refractivity contribution in [1.82, 2.24) is 4.90 Å². The lowest BCUT2D eigenvalue weighted by atomic mass is 9.65. The van der Waals surface area contributed by atoms with Crippen LogP contribution in [0, 0.1) is 0 Å². The van der Waals surface area contributed by atoms with Crippen molar-refractivity contribution in [3.63, 3.8) is 0 Å². The minimum atomic E-state index is 0.494. The first-order valence-corrected chi connectivity index (χ1v) is 5.77. The molecule has 2 nitrogen and oxygen atoms in total. The van der Waals surface area contributed by atoms with Crippen molar-refractivity contribution in [3.8, 4) is 0 Å². The normalized spacial score (nSPS) is 43.1. The molecule has 0 bridgehead atoms. The molecule has 0 aromatic rings. The third-order valence-corrected chi connectivity index (χ3v) is 3.92. The summed E-state index contributed by atoms with van der Waals surface area (Å²) in [5.41, 5.74) is 0. The molecule has 0 radical (unpaired) electrons. The van der Waals surface area contributed by atoms with Gasteiger partial charge in [0.1, 0.15) is 7.85 Å². The summed E-state index contributed by atoms with van der Waals surface area (Å²) in [5.74, 6) is 1.23. The number of amidine groups is 1. The lowest BCUT2D eigenvalue weighted by Gasteiger charge is -2.26. The number of rotatable bonds is 0. The summed E-state index contributed by atoms with van der Waals surface area (Å²) < 4.78 is 0. The van der Waals surface area contributed by atoms with Gasteiger partial charge in [0.15, 0.2) is 0 Å². The van der Waals surface area contributed by atoms with Crippen LogP contribution < -0.4 is 0 Å². The lowest BCUT2D eigenvalue weighted by Crippen LogP contribution is -2.35. The topological polar surface area (TPSA) is 15.6 Å². The summed E-state index contributed by atoms with van der Waals surface area (Å²) in [6.45, 7) is 4.53. The first-order valence-electron chi connectivity index (χ1n) is 5.77. The van der Waals surface area contributed by atoms with Crippen LogP contribution in [0.4, 0.5) is 0 Å². The highest BCUT2D eigenvalue weighted by Gasteiger charge is 2.37. The van der Waals surface area contributed by atoms with E-state index in [-0.39, 0.29) is 0 Å². The second-order valence-electron chi connectivity index (χ2n) is 5.68. The van der Waals surface area contributed by atoms with Crippen LogP contribution in [0.2, 0.25) is 5.31 Å². The standard InChI is InChI=1S/C11H21BN2/c1-8-13-9-7-11(2,12)6-4-5-10(9)14(8)3/h9-10H,4-7,12H2,1-3H3. The largest absolute Gasteiger partial charge is 0.359 e. The first kappa shape index (κ1) is 10.1. The summed E-state index contributed by atoms with van der Waals surface area (Å²) in [5, 5.41) is 0.494. The number of fused-ring (bicyclic) bond motifs is 1. The molecule has 2 aliphatic rings. The molecule has 0 saturated heterocycles. The van der Waals surface area contributed by atoms with E-state index in [9.17, 15) is 0 Å². The van der Waals surface area contributed by atoms with Crippen molar-refractivity contribution in [2.75, 3.05) is 7.05 Å². The van der Waals surface area contributed by atoms with Gasteiger partial charge in [-0.3, -0.25) is 4.99 Å². The van der Waals surface area contributed by atoms with Crippen molar-refractivity contribution in [2.24, 2.45) is 4.99 Å². The van der Waals surface area contributed by atoms with Crippen LogP contribution in [0.15, 0.2) is 4.99 Å². The molecule has 0 amide bonds. The summed E-state index contributed by atoms with van der Waals surface area (Å²) in [6.07, 6.45) is 5.31. The number of likely N-dealkylation sites (N-methyl/N-ethyl adjacent to an activating group) is 1. The number of hydrogen-bond acceptors (Lipinski definition) is 2. The minimum absolute atomic E-state index is 0.494. The van der Waals surface area contributed by atoms with E-state index in [4.69, 9.17) is 4.99 Å². The highest BCUT2D eigenvalue weighted by atomic mass is 15.3. The molecular formula is C11H21BN2. The summed E-state index contributed by atoms with van der Waals surface area (Å²) in [4.78, 5) is 7.17. The molecular weight excluding hydrogens is 171 g/mol. The van der Waals surface area contributed by atoms with Crippen molar-refractivity contribution in [3.05, 3.63) is 0 Å². The van der Waals surface area contributed by atoms with Crippen LogP contribution in [-0.2, 0) is 0 Å². The van der Waals surface area contributed by atoms with E-state index in [0.29, 0.717) is 17.4 Å². The van der Waals surface area contributed by atoms with Crippen molar-refractivity contribution >= 4 is 13.7 Å². The van der Waals surface area contributed by atoms with E-state index in [1.54, 1.807) is 0 Å². The van der Waals surface area contributed by atoms with Gasteiger partial charge < -0.3 is 4.90 Å². The van der Waals surface area contributed by atoms with Gasteiger partial charge in [-0.1, -0.05) is 25.1 Å². The van der Waals surface area contributed by atoms with Gasteiger partial charge in [0.2, 0.25) is 0 Å². The average Bonchev–Trinajstić information content (AvgIpc) is 2.28. The van der Waals surface area contributed by atoms with Crippen LogP contribution in [0.25, 0.3) is 0 Å². The minimum Gasteiger partial charge on any atom is -0.359 e. The third kappa shape index (κ3) is 1.69. The average molecular weight is 192 g/mol. The molecule has 1 saturated carbocycles. The van der Waals surface area contributed by atoms with Gasteiger partial charge in [-0.15, -0.1) is 0 Å². The molecule has 0 aromatic carbocycles. The maximum absolute atomic E-state index is 4.79. The highest BCUT2D eigenvalue weighted by Crippen LogP contribution is 2.41. The van der Waals surface area contributed by atoms with E-state index < -0.39 is 0 Å². The van der Waals surface area contributed by atoms with Crippen molar-refractivity contribution < 1.29 is 0 Å². The van der Waals surface area contributed by atoms with Gasteiger partial charge in [-0.25, -0.2) is 0 Å².